The van der Waals surface area contributed by atoms with Gasteiger partial charge in [-0.15, -0.1) is 0 Å². The number of hydrogen-bond donors (Lipinski definition) is 2. The van der Waals surface area contributed by atoms with Crippen LogP contribution in [-0.2, 0) is 13.1 Å². The summed E-state index contributed by atoms with van der Waals surface area (Å²) in [5.41, 5.74) is 10.9. The first kappa shape index (κ1) is 17.4. The molecule has 0 saturated heterocycles. The lowest BCUT2D eigenvalue weighted by atomic mass is 9.94. The minimum atomic E-state index is 0.773. The number of fused-ring (bicyclic) bond motifs is 2. The highest BCUT2D eigenvalue weighted by Crippen LogP contribution is 2.34. The van der Waals surface area contributed by atoms with E-state index in [0.29, 0.717) is 0 Å². The van der Waals surface area contributed by atoms with Crippen LogP contribution in [0.15, 0.2) is 79.4 Å². The predicted molar refractivity (Wildman–Crippen MR) is 119 cm³/mol. The Morgan fingerprint density at radius 3 is 2.21 bits per heavy atom. The van der Waals surface area contributed by atoms with E-state index in [1.807, 2.05) is 30.7 Å². The van der Waals surface area contributed by atoms with Gasteiger partial charge in [-0.3, -0.25) is 9.97 Å². The van der Waals surface area contributed by atoms with Crippen LogP contribution in [0.3, 0.4) is 0 Å². The van der Waals surface area contributed by atoms with Crippen LogP contribution in [0, 0.1) is 6.92 Å². The van der Waals surface area contributed by atoms with Gasteiger partial charge in [-0.1, -0.05) is 24.3 Å². The van der Waals surface area contributed by atoms with Crippen molar-refractivity contribution in [3.63, 3.8) is 0 Å². The van der Waals surface area contributed by atoms with Gasteiger partial charge < -0.3 is 10.6 Å². The second-order valence-electron chi connectivity index (χ2n) is 7.33. The molecular formula is C25H22N4. The van der Waals surface area contributed by atoms with Crippen LogP contribution < -0.4 is 10.6 Å². The van der Waals surface area contributed by atoms with E-state index in [2.05, 4.69) is 70.0 Å². The molecular weight excluding hydrogens is 356 g/mol. The number of nitrogens with one attached hydrogen (secondary N) is 2. The van der Waals surface area contributed by atoms with Crippen molar-refractivity contribution in [1.29, 1.82) is 0 Å². The van der Waals surface area contributed by atoms with Crippen LogP contribution in [0.5, 0.6) is 0 Å². The second kappa shape index (κ2) is 7.40. The Morgan fingerprint density at radius 1 is 0.724 bits per heavy atom. The number of aromatic nitrogens is 2. The van der Waals surface area contributed by atoms with E-state index in [-0.39, 0.29) is 0 Å². The third-order valence-corrected chi connectivity index (χ3v) is 5.60. The van der Waals surface area contributed by atoms with E-state index < -0.39 is 0 Å². The Labute approximate surface area is 170 Å². The van der Waals surface area contributed by atoms with Crippen molar-refractivity contribution in [3.05, 3.63) is 96.1 Å². The van der Waals surface area contributed by atoms with Crippen LogP contribution in [0.2, 0.25) is 0 Å². The van der Waals surface area contributed by atoms with E-state index >= 15 is 0 Å². The fourth-order valence-corrected chi connectivity index (χ4v) is 3.98. The first-order chi connectivity index (χ1) is 14.3. The Bertz CT molecular complexity index is 1150. The summed E-state index contributed by atoms with van der Waals surface area (Å²) in [6.45, 7) is 3.75. The van der Waals surface area contributed by atoms with Gasteiger partial charge in [0, 0.05) is 54.8 Å². The van der Waals surface area contributed by atoms with Crippen LogP contribution in [0.4, 0.5) is 11.4 Å². The summed E-state index contributed by atoms with van der Waals surface area (Å²) in [4.78, 5) is 8.52. The van der Waals surface area contributed by atoms with Crippen LogP contribution in [0.25, 0.3) is 22.3 Å². The molecule has 2 N–H and O–H groups in total. The van der Waals surface area contributed by atoms with Crippen LogP contribution in [0.1, 0.15) is 16.7 Å². The summed E-state index contributed by atoms with van der Waals surface area (Å²) >= 11 is 0. The molecule has 0 saturated carbocycles. The Balaban J connectivity index is 1.48. The smallest absolute Gasteiger partial charge is 0.0424 e. The molecule has 2 aromatic heterocycles. The Morgan fingerprint density at radius 2 is 1.45 bits per heavy atom. The van der Waals surface area contributed by atoms with Crippen molar-refractivity contribution in [2.45, 2.75) is 20.0 Å². The third kappa shape index (κ3) is 3.34. The summed E-state index contributed by atoms with van der Waals surface area (Å²) in [6, 6.07) is 19.1. The first-order valence-corrected chi connectivity index (χ1v) is 9.83. The Hall–Kier alpha value is -3.66. The normalized spacial score (nSPS) is 12.6. The average Bonchev–Trinajstić information content (AvgIpc) is 2.77. The molecule has 0 bridgehead atoms. The zero-order valence-corrected chi connectivity index (χ0v) is 16.3. The molecule has 3 heterocycles. The lowest BCUT2D eigenvalue weighted by Gasteiger charge is -2.23. The lowest BCUT2D eigenvalue weighted by molar-refractivity contribution is 1.04. The van der Waals surface area contributed by atoms with Gasteiger partial charge in [-0.2, -0.15) is 0 Å². The van der Waals surface area contributed by atoms with Gasteiger partial charge in [-0.25, -0.2) is 0 Å². The highest BCUT2D eigenvalue weighted by molar-refractivity contribution is 5.75. The number of pyridine rings is 2. The fourth-order valence-electron chi connectivity index (χ4n) is 3.98. The third-order valence-electron chi connectivity index (χ3n) is 5.60. The minimum Gasteiger partial charge on any atom is -0.381 e. The van der Waals surface area contributed by atoms with E-state index in [0.717, 1.165) is 24.2 Å². The van der Waals surface area contributed by atoms with Gasteiger partial charge in [0.05, 0.1) is 0 Å². The molecule has 4 nitrogen and oxygen atoms in total. The lowest BCUT2D eigenvalue weighted by Crippen LogP contribution is -2.14. The molecule has 29 heavy (non-hydrogen) atoms. The molecule has 1 aliphatic rings. The molecule has 2 aromatic carbocycles. The van der Waals surface area contributed by atoms with Gasteiger partial charge in [0.25, 0.3) is 0 Å². The molecule has 0 radical (unpaired) electrons. The summed E-state index contributed by atoms with van der Waals surface area (Å²) in [6.07, 6.45) is 7.45. The van der Waals surface area contributed by atoms with Crippen LogP contribution >= 0.6 is 0 Å². The van der Waals surface area contributed by atoms with Crippen LogP contribution in [-0.4, -0.2) is 9.97 Å². The number of benzene rings is 2. The van der Waals surface area contributed by atoms with Gasteiger partial charge in [-0.05, 0) is 70.6 Å². The molecule has 1 aliphatic heterocycles. The van der Waals surface area contributed by atoms with E-state index in [9.17, 15) is 0 Å². The maximum absolute atomic E-state index is 4.28. The highest BCUT2D eigenvalue weighted by Gasteiger charge is 2.15. The standard InChI is InChI=1S/C25H22N4/c1-17-22(20-5-3-11-27-14-20)7-9-25-23(17)16-29-24-8-6-18(12-21(24)15-28-25)19-4-2-10-26-13-19/h2-14,28-29H,15-16H2,1H3. The average molecular weight is 378 g/mol. The molecule has 0 atom stereocenters. The number of rotatable bonds is 2. The van der Waals surface area contributed by atoms with Gasteiger partial charge in [0.1, 0.15) is 0 Å². The fraction of sp³-hybridized carbons (Fsp3) is 0.120. The molecule has 142 valence electrons. The molecule has 5 rings (SSSR count). The zero-order valence-electron chi connectivity index (χ0n) is 16.3. The summed E-state index contributed by atoms with van der Waals surface area (Å²) < 4.78 is 0. The van der Waals surface area contributed by atoms with Gasteiger partial charge in [0.15, 0.2) is 0 Å². The number of anilines is 2. The maximum atomic E-state index is 4.28. The monoisotopic (exact) mass is 378 g/mol. The van der Waals surface area contributed by atoms with Gasteiger partial charge >= 0.3 is 0 Å². The van der Waals surface area contributed by atoms with Crippen molar-refractivity contribution in [3.8, 4) is 22.3 Å². The summed E-state index contributed by atoms with van der Waals surface area (Å²) in [7, 11) is 0. The van der Waals surface area contributed by atoms with Crippen molar-refractivity contribution >= 4 is 11.4 Å². The summed E-state index contributed by atoms with van der Waals surface area (Å²) in [5, 5.41) is 7.30. The molecule has 0 amide bonds. The molecule has 0 unspecified atom stereocenters. The predicted octanol–water partition coefficient (Wildman–Crippen LogP) is 5.66. The first-order valence-electron chi connectivity index (χ1n) is 9.83. The topological polar surface area (TPSA) is 49.8 Å². The van der Waals surface area contributed by atoms with Crippen molar-refractivity contribution in [1.82, 2.24) is 9.97 Å². The van der Waals surface area contributed by atoms with E-state index in [4.69, 9.17) is 0 Å². The van der Waals surface area contributed by atoms with Crippen molar-refractivity contribution in [2.24, 2.45) is 0 Å². The number of nitrogens with zero attached hydrogens (tertiary/aromatic N) is 2. The summed E-state index contributed by atoms with van der Waals surface area (Å²) in [5.74, 6) is 0. The second-order valence-corrected chi connectivity index (χ2v) is 7.33. The SMILES string of the molecule is Cc1c(-c2cccnc2)ccc2c1CNc1ccc(-c3cccnc3)cc1CN2. The van der Waals surface area contributed by atoms with Gasteiger partial charge in [0.2, 0.25) is 0 Å². The maximum Gasteiger partial charge on any atom is 0.0424 e. The molecule has 4 aromatic rings. The van der Waals surface area contributed by atoms with Crippen molar-refractivity contribution in [2.75, 3.05) is 10.6 Å². The molecule has 0 aliphatic carbocycles. The quantitative estimate of drug-likeness (QED) is 0.473. The Kier molecular flexibility index (Phi) is 4.45. The van der Waals surface area contributed by atoms with E-state index in [1.54, 1.807) is 6.20 Å². The van der Waals surface area contributed by atoms with E-state index in [1.165, 1.54) is 39.2 Å². The molecule has 0 fully saturated rings. The minimum absolute atomic E-state index is 0.773. The zero-order chi connectivity index (χ0) is 19.6. The molecule has 4 heteroatoms. The van der Waals surface area contributed by atoms with Crippen molar-refractivity contribution < 1.29 is 0 Å². The molecule has 0 spiro atoms. The number of hydrogen-bond acceptors (Lipinski definition) is 4. The highest BCUT2D eigenvalue weighted by atomic mass is 14.9. The largest absolute Gasteiger partial charge is 0.381 e.